The molecule has 0 radical (unpaired) electrons. The monoisotopic (exact) mass is 364 g/mol. The number of aliphatic hydroxyl groups is 3. The number of hydrogen-bond acceptors (Lipinski definition) is 6. The molecule has 1 aliphatic heterocycles. The van der Waals surface area contributed by atoms with E-state index in [1.54, 1.807) is 26.2 Å². The summed E-state index contributed by atoms with van der Waals surface area (Å²) in [6.45, 7) is 7.19. The fourth-order valence-electron chi connectivity index (χ4n) is 4.15. The van der Waals surface area contributed by atoms with Crippen LogP contribution in [0.15, 0.2) is 28.1 Å². The first-order chi connectivity index (χ1) is 12.1. The van der Waals surface area contributed by atoms with Crippen LogP contribution < -0.4 is 0 Å². The Bertz CT molecular complexity index is 720. The first-order valence-corrected chi connectivity index (χ1v) is 9.17. The van der Waals surface area contributed by atoms with Gasteiger partial charge in [0.15, 0.2) is 5.76 Å². The molecule has 2 aliphatic rings. The molecule has 1 saturated heterocycles. The van der Waals surface area contributed by atoms with Crippen LogP contribution in [0.25, 0.3) is 0 Å². The van der Waals surface area contributed by atoms with E-state index in [0.29, 0.717) is 30.6 Å². The van der Waals surface area contributed by atoms with E-state index in [2.05, 4.69) is 0 Å². The minimum absolute atomic E-state index is 0.208. The predicted octanol–water partition coefficient (Wildman–Crippen LogP) is 2.98. The minimum atomic E-state index is -1.08. The Morgan fingerprint density at radius 2 is 2.04 bits per heavy atom. The van der Waals surface area contributed by atoms with E-state index in [0.717, 1.165) is 5.56 Å². The molecule has 144 valence electrons. The molecule has 0 saturated carbocycles. The summed E-state index contributed by atoms with van der Waals surface area (Å²) in [7, 11) is 0. The summed E-state index contributed by atoms with van der Waals surface area (Å²) in [4.78, 5) is 12.5. The van der Waals surface area contributed by atoms with Crippen molar-refractivity contribution < 1.29 is 29.3 Å². The zero-order chi connectivity index (χ0) is 19.2. The highest BCUT2D eigenvalue weighted by Crippen LogP contribution is 2.45. The number of allylic oxidation sites excluding steroid dienone is 2. The number of carbonyl (C=O) groups is 1. The van der Waals surface area contributed by atoms with Crippen LogP contribution in [-0.2, 0) is 9.53 Å². The molecule has 6 atom stereocenters. The van der Waals surface area contributed by atoms with Crippen molar-refractivity contribution >= 4 is 5.78 Å². The maximum atomic E-state index is 12.5. The van der Waals surface area contributed by atoms with Crippen LogP contribution in [-0.4, -0.2) is 38.9 Å². The molecule has 0 unspecified atom stereocenters. The predicted molar refractivity (Wildman–Crippen MR) is 94.5 cm³/mol. The first kappa shape index (κ1) is 19.1. The SMILES string of the molecule is CC1=C(O)C(=O)[C@@H]([C@@]2(C)O[C@H]([C@H](C)[C@@H](O)c3cc(C)co3)C[C@@H]2O)CC1. The molecular formula is C20H28O6. The molecule has 2 heterocycles. The average molecular weight is 364 g/mol. The number of aliphatic hydroxyl groups excluding tert-OH is 3. The van der Waals surface area contributed by atoms with Gasteiger partial charge < -0.3 is 24.5 Å². The highest BCUT2D eigenvalue weighted by molar-refractivity contribution is 5.97. The van der Waals surface area contributed by atoms with Crippen molar-refractivity contribution in [3.63, 3.8) is 0 Å². The second-order valence-electron chi connectivity index (χ2n) is 8.01. The molecule has 3 N–H and O–H groups in total. The number of ketones is 1. The van der Waals surface area contributed by atoms with Gasteiger partial charge in [-0.25, -0.2) is 0 Å². The van der Waals surface area contributed by atoms with Gasteiger partial charge in [-0.1, -0.05) is 6.92 Å². The summed E-state index contributed by atoms with van der Waals surface area (Å²) in [5.41, 5.74) is 0.522. The summed E-state index contributed by atoms with van der Waals surface area (Å²) in [5.74, 6) is -1.03. The van der Waals surface area contributed by atoms with Crippen molar-refractivity contribution in [1.29, 1.82) is 0 Å². The molecule has 0 aromatic carbocycles. The number of furan rings is 1. The standard InChI is InChI=1S/C20H28O6/c1-10-7-15(25-9-10)18(23)12(3)14-8-16(21)20(4,26-14)13-6-5-11(2)17(22)19(13)24/h7,9,12-14,16,18,21-23H,5-6,8H2,1-4H3/t12-,13-,14-,16-,18+,20+/m0/s1. The summed E-state index contributed by atoms with van der Waals surface area (Å²) in [6.07, 6.45) is 0.907. The topological polar surface area (TPSA) is 100 Å². The molecule has 26 heavy (non-hydrogen) atoms. The van der Waals surface area contributed by atoms with E-state index in [9.17, 15) is 20.1 Å². The quantitative estimate of drug-likeness (QED) is 0.759. The van der Waals surface area contributed by atoms with Crippen molar-refractivity contribution in [2.45, 2.75) is 70.9 Å². The van der Waals surface area contributed by atoms with Gasteiger partial charge in [0.2, 0.25) is 5.78 Å². The molecule has 6 nitrogen and oxygen atoms in total. The van der Waals surface area contributed by atoms with Gasteiger partial charge in [0.1, 0.15) is 17.5 Å². The van der Waals surface area contributed by atoms with Crippen molar-refractivity contribution in [3.8, 4) is 0 Å². The van der Waals surface area contributed by atoms with Crippen LogP contribution >= 0.6 is 0 Å². The molecule has 0 spiro atoms. The van der Waals surface area contributed by atoms with Crippen molar-refractivity contribution in [2.24, 2.45) is 11.8 Å². The minimum Gasteiger partial charge on any atom is -0.504 e. The van der Waals surface area contributed by atoms with E-state index in [1.165, 1.54) is 0 Å². The molecule has 6 heteroatoms. The van der Waals surface area contributed by atoms with E-state index in [4.69, 9.17) is 9.15 Å². The van der Waals surface area contributed by atoms with Crippen molar-refractivity contribution in [1.82, 2.24) is 0 Å². The Kier molecular flexibility index (Phi) is 5.03. The van der Waals surface area contributed by atoms with Gasteiger partial charge in [-0.2, -0.15) is 0 Å². The zero-order valence-electron chi connectivity index (χ0n) is 15.7. The third-order valence-electron chi connectivity index (χ3n) is 6.10. The van der Waals surface area contributed by atoms with E-state index >= 15 is 0 Å². The summed E-state index contributed by atoms with van der Waals surface area (Å²) < 4.78 is 11.5. The third kappa shape index (κ3) is 3.10. The number of Topliss-reactive ketones (excluding diaryl/α,β-unsaturated/α-hetero) is 1. The normalized spacial score (nSPS) is 35.0. The van der Waals surface area contributed by atoms with Gasteiger partial charge in [-0.15, -0.1) is 0 Å². The van der Waals surface area contributed by atoms with Gasteiger partial charge in [0, 0.05) is 12.3 Å². The first-order valence-electron chi connectivity index (χ1n) is 9.17. The van der Waals surface area contributed by atoms with Crippen LogP contribution in [0.1, 0.15) is 57.5 Å². The Morgan fingerprint density at radius 1 is 1.35 bits per heavy atom. The maximum Gasteiger partial charge on any atom is 0.203 e. The highest BCUT2D eigenvalue weighted by atomic mass is 16.5. The molecule has 0 bridgehead atoms. The Balaban J connectivity index is 1.77. The summed E-state index contributed by atoms with van der Waals surface area (Å²) >= 11 is 0. The molecule has 1 aromatic rings. The third-order valence-corrected chi connectivity index (χ3v) is 6.10. The Morgan fingerprint density at radius 3 is 2.65 bits per heavy atom. The van der Waals surface area contributed by atoms with Crippen LogP contribution in [0.5, 0.6) is 0 Å². The summed E-state index contributed by atoms with van der Waals surface area (Å²) in [6, 6.07) is 1.78. The number of rotatable bonds is 4. The Labute approximate surface area is 153 Å². The lowest BCUT2D eigenvalue weighted by Crippen LogP contribution is -2.49. The fourth-order valence-corrected chi connectivity index (χ4v) is 4.15. The van der Waals surface area contributed by atoms with E-state index in [1.807, 2.05) is 13.8 Å². The number of aryl methyl sites for hydroxylation is 1. The smallest absolute Gasteiger partial charge is 0.203 e. The Hall–Kier alpha value is -1.63. The van der Waals surface area contributed by atoms with E-state index in [-0.39, 0.29) is 17.5 Å². The lowest BCUT2D eigenvalue weighted by molar-refractivity contribution is -0.152. The molecular weight excluding hydrogens is 336 g/mol. The zero-order valence-corrected chi connectivity index (χ0v) is 15.7. The summed E-state index contributed by atoms with van der Waals surface area (Å²) in [5, 5.41) is 31.3. The van der Waals surface area contributed by atoms with Crippen LogP contribution in [0.4, 0.5) is 0 Å². The van der Waals surface area contributed by atoms with Gasteiger partial charge in [-0.3, -0.25) is 4.79 Å². The second kappa shape index (κ2) is 6.83. The molecule has 1 aromatic heterocycles. The lowest BCUT2D eigenvalue weighted by atomic mass is 9.74. The van der Waals surface area contributed by atoms with Crippen molar-refractivity contribution in [3.05, 3.63) is 35.0 Å². The van der Waals surface area contributed by atoms with Crippen molar-refractivity contribution in [2.75, 3.05) is 0 Å². The second-order valence-corrected chi connectivity index (χ2v) is 8.01. The highest BCUT2D eigenvalue weighted by Gasteiger charge is 2.54. The van der Waals surface area contributed by atoms with Crippen LogP contribution in [0, 0.1) is 18.8 Å². The molecule has 1 aliphatic carbocycles. The van der Waals surface area contributed by atoms with Gasteiger partial charge in [0.25, 0.3) is 0 Å². The van der Waals surface area contributed by atoms with E-state index < -0.39 is 29.8 Å². The number of ether oxygens (including phenoxy) is 1. The molecule has 1 fully saturated rings. The largest absolute Gasteiger partial charge is 0.504 e. The average Bonchev–Trinajstić information content (AvgIpc) is 3.16. The lowest BCUT2D eigenvalue weighted by Gasteiger charge is -2.38. The van der Waals surface area contributed by atoms with Gasteiger partial charge >= 0.3 is 0 Å². The van der Waals surface area contributed by atoms with Gasteiger partial charge in [-0.05, 0) is 50.8 Å². The van der Waals surface area contributed by atoms with Crippen LogP contribution in [0.2, 0.25) is 0 Å². The molecule has 0 amide bonds. The van der Waals surface area contributed by atoms with Gasteiger partial charge in [0.05, 0.1) is 24.4 Å². The van der Waals surface area contributed by atoms with Crippen LogP contribution in [0.3, 0.4) is 0 Å². The number of carbonyl (C=O) groups excluding carboxylic acids is 1. The number of hydrogen-bond donors (Lipinski definition) is 3. The fraction of sp³-hybridized carbons (Fsp3) is 0.650. The maximum absolute atomic E-state index is 12.5. The molecule has 3 rings (SSSR count).